The molecule has 1 amide bonds. The average molecular weight is 368 g/mol. The van der Waals surface area contributed by atoms with Crippen molar-refractivity contribution in [2.24, 2.45) is 0 Å². The van der Waals surface area contributed by atoms with Gasteiger partial charge in [-0.05, 0) is 13.8 Å². The minimum absolute atomic E-state index is 0.0995. The van der Waals surface area contributed by atoms with E-state index in [-0.39, 0.29) is 29.0 Å². The number of carbonyl (C=O) groups is 1. The van der Waals surface area contributed by atoms with Crippen molar-refractivity contribution in [2.45, 2.75) is 33.0 Å². The number of anilines is 2. The van der Waals surface area contributed by atoms with E-state index in [4.69, 9.17) is 0 Å². The first kappa shape index (κ1) is 17.0. The third kappa shape index (κ3) is 2.97. The first-order valence-electron chi connectivity index (χ1n) is 8.61. The van der Waals surface area contributed by atoms with Crippen molar-refractivity contribution in [2.75, 3.05) is 5.32 Å². The van der Waals surface area contributed by atoms with E-state index in [0.717, 1.165) is 17.3 Å². The number of aromatic amines is 1. The molecule has 0 aliphatic carbocycles. The van der Waals surface area contributed by atoms with Crippen LogP contribution in [-0.4, -0.2) is 41.0 Å². The van der Waals surface area contributed by atoms with Crippen LogP contribution in [0.25, 0.3) is 0 Å². The Hall–Kier alpha value is -3.49. The zero-order valence-corrected chi connectivity index (χ0v) is 15.0. The topological polar surface area (TPSA) is 119 Å². The molecule has 27 heavy (non-hydrogen) atoms. The Morgan fingerprint density at radius 2 is 2.11 bits per heavy atom. The van der Waals surface area contributed by atoms with E-state index in [2.05, 4.69) is 20.6 Å². The largest absolute Gasteiger partial charge is 0.508 e. The van der Waals surface area contributed by atoms with Crippen LogP contribution in [-0.2, 0) is 13.1 Å². The van der Waals surface area contributed by atoms with Crippen molar-refractivity contribution < 1.29 is 15.0 Å². The van der Waals surface area contributed by atoms with Crippen molar-refractivity contribution in [3.05, 3.63) is 47.4 Å². The van der Waals surface area contributed by atoms with E-state index in [0.29, 0.717) is 24.6 Å². The molecule has 0 atom stereocenters. The predicted octanol–water partition coefficient (Wildman–Crippen LogP) is 2.50. The summed E-state index contributed by atoms with van der Waals surface area (Å²) in [7, 11) is 0. The maximum absolute atomic E-state index is 13.1. The molecule has 2 aromatic heterocycles. The highest BCUT2D eigenvalue weighted by atomic mass is 16.3. The first-order chi connectivity index (χ1) is 12.9. The fourth-order valence-electron chi connectivity index (χ4n) is 3.26. The normalized spacial score (nSPS) is 13.2. The molecular formula is C18H20N6O3. The van der Waals surface area contributed by atoms with Gasteiger partial charge in [-0.15, -0.1) is 0 Å². The average Bonchev–Trinajstić information content (AvgIpc) is 3.29. The Morgan fingerprint density at radius 3 is 2.85 bits per heavy atom. The second-order valence-corrected chi connectivity index (χ2v) is 6.80. The Kier molecular flexibility index (Phi) is 3.98. The van der Waals surface area contributed by atoms with Gasteiger partial charge in [-0.2, -0.15) is 10.2 Å². The molecule has 0 saturated heterocycles. The zero-order valence-electron chi connectivity index (χ0n) is 15.0. The second kappa shape index (κ2) is 6.35. The molecule has 1 aliphatic heterocycles. The number of H-pyrrole nitrogens is 1. The van der Waals surface area contributed by atoms with Gasteiger partial charge >= 0.3 is 0 Å². The van der Waals surface area contributed by atoms with Crippen molar-refractivity contribution >= 4 is 17.4 Å². The third-order valence-corrected chi connectivity index (χ3v) is 4.54. The quantitative estimate of drug-likeness (QED) is 0.562. The van der Waals surface area contributed by atoms with E-state index in [1.807, 2.05) is 13.8 Å². The van der Waals surface area contributed by atoms with Gasteiger partial charge in [0.05, 0.1) is 30.3 Å². The van der Waals surface area contributed by atoms with Crippen LogP contribution in [0.4, 0.5) is 11.5 Å². The van der Waals surface area contributed by atoms with Gasteiger partial charge in [0.1, 0.15) is 22.9 Å². The fraction of sp³-hybridized carbons (Fsp3) is 0.278. The number of carbonyl (C=O) groups excluding carboxylic acids is 1. The van der Waals surface area contributed by atoms with Crippen LogP contribution in [0.5, 0.6) is 11.5 Å². The van der Waals surface area contributed by atoms with Crippen LogP contribution in [0, 0.1) is 0 Å². The molecule has 0 saturated carbocycles. The molecular weight excluding hydrogens is 348 g/mol. The number of amides is 1. The summed E-state index contributed by atoms with van der Waals surface area (Å²) >= 11 is 0. The molecule has 3 aromatic rings. The van der Waals surface area contributed by atoms with Crippen LogP contribution < -0.4 is 5.32 Å². The highest BCUT2D eigenvalue weighted by molar-refractivity contribution is 6.03. The van der Waals surface area contributed by atoms with E-state index in [1.54, 1.807) is 28.0 Å². The Bertz CT molecular complexity index is 986. The van der Waals surface area contributed by atoms with Gasteiger partial charge in [0.2, 0.25) is 0 Å². The standard InChI is InChI=1S/C18H20N6O3/c1-10(2)24-16(3-4-20-24)21-13-5-12(25)6-15(26)17(13)18(27)23-8-11-7-19-22-14(11)9-23/h3-7,10,21,25-26H,8-9H2,1-2H3,(H,19,22). The van der Waals surface area contributed by atoms with Crippen LogP contribution in [0.15, 0.2) is 30.6 Å². The lowest BCUT2D eigenvalue weighted by Gasteiger charge is -2.20. The predicted molar refractivity (Wildman–Crippen MR) is 97.8 cm³/mol. The van der Waals surface area contributed by atoms with Crippen molar-refractivity contribution in [1.82, 2.24) is 24.9 Å². The molecule has 4 rings (SSSR count). The number of aromatic hydroxyl groups is 2. The van der Waals surface area contributed by atoms with Crippen molar-refractivity contribution in [3.63, 3.8) is 0 Å². The van der Waals surface area contributed by atoms with Gasteiger partial charge in [0.25, 0.3) is 5.91 Å². The lowest BCUT2D eigenvalue weighted by molar-refractivity contribution is 0.0747. The molecule has 3 heterocycles. The molecule has 9 heteroatoms. The third-order valence-electron chi connectivity index (χ3n) is 4.54. The number of fused-ring (bicyclic) bond motifs is 1. The second-order valence-electron chi connectivity index (χ2n) is 6.80. The molecule has 0 fully saturated rings. The lowest BCUT2D eigenvalue weighted by atomic mass is 10.1. The maximum Gasteiger partial charge on any atom is 0.260 e. The summed E-state index contributed by atoms with van der Waals surface area (Å²) in [4.78, 5) is 14.7. The number of phenolic OH excluding ortho intramolecular Hbond substituents is 2. The SMILES string of the molecule is CC(C)n1nccc1Nc1cc(O)cc(O)c1C(=O)N1Cc2cn[nH]c2C1. The van der Waals surface area contributed by atoms with Crippen LogP contribution in [0.2, 0.25) is 0 Å². The maximum atomic E-state index is 13.1. The smallest absolute Gasteiger partial charge is 0.260 e. The Balaban J connectivity index is 1.69. The number of benzene rings is 1. The number of hydrogen-bond donors (Lipinski definition) is 4. The zero-order chi connectivity index (χ0) is 19.1. The van der Waals surface area contributed by atoms with Crippen LogP contribution in [0.3, 0.4) is 0 Å². The molecule has 0 radical (unpaired) electrons. The Morgan fingerprint density at radius 1 is 1.30 bits per heavy atom. The summed E-state index contributed by atoms with van der Waals surface area (Å²) in [6, 6.07) is 4.45. The van der Waals surface area contributed by atoms with Gasteiger partial charge in [0, 0.05) is 36.3 Å². The molecule has 1 aliphatic rings. The molecule has 9 nitrogen and oxygen atoms in total. The number of nitrogens with one attached hydrogen (secondary N) is 2. The summed E-state index contributed by atoms with van der Waals surface area (Å²) in [6.07, 6.45) is 3.34. The Labute approximate surface area is 155 Å². The number of phenols is 2. The highest BCUT2D eigenvalue weighted by Crippen LogP contribution is 2.35. The van der Waals surface area contributed by atoms with Gasteiger partial charge in [-0.3, -0.25) is 9.89 Å². The summed E-state index contributed by atoms with van der Waals surface area (Å²) < 4.78 is 1.75. The van der Waals surface area contributed by atoms with Crippen LogP contribution >= 0.6 is 0 Å². The highest BCUT2D eigenvalue weighted by Gasteiger charge is 2.29. The van der Waals surface area contributed by atoms with Crippen LogP contribution in [0.1, 0.15) is 41.5 Å². The van der Waals surface area contributed by atoms with E-state index >= 15 is 0 Å². The summed E-state index contributed by atoms with van der Waals surface area (Å²) in [6.45, 7) is 4.76. The van der Waals surface area contributed by atoms with Gasteiger partial charge in [-0.25, -0.2) is 4.68 Å². The van der Waals surface area contributed by atoms with Crippen molar-refractivity contribution in [1.29, 1.82) is 0 Å². The van der Waals surface area contributed by atoms with E-state index in [9.17, 15) is 15.0 Å². The summed E-state index contributed by atoms with van der Waals surface area (Å²) in [5, 5.41) is 34.5. The van der Waals surface area contributed by atoms with Crippen molar-refractivity contribution in [3.8, 4) is 11.5 Å². The monoisotopic (exact) mass is 368 g/mol. The lowest BCUT2D eigenvalue weighted by Crippen LogP contribution is -2.26. The number of nitrogens with zero attached hydrogens (tertiary/aromatic N) is 4. The minimum atomic E-state index is -0.338. The fourth-order valence-corrected chi connectivity index (χ4v) is 3.26. The van der Waals surface area contributed by atoms with E-state index in [1.165, 1.54) is 6.07 Å². The summed E-state index contributed by atoms with van der Waals surface area (Å²) in [5.74, 6) is -0.111. The molecule has 0 spiro atoms. The van der Waals surface area contributed by atoms with Gasteiger partial charge < -0.3 is 20.4 Å². The first-order valence-corrected chi connectivity index (χ1v) is 8.61. The van der Waals surface area contributed by atoms with Gasteiger partial charge in [0.15, 0.2) is 0 Å². The number of aromatic nitrogens is 4. The summed E-state index contributed by atoms with van der Waals surface area (Å²) in [5.41, 5.74) is 2.25. The minimum Gasteiger partial charge on any atom is -0.508 e. The number of rotatable bonds is 4. The molecule has 1 aromatic carbocycles. The molecule has 0 unspecified atom stereocenters. The molecule has 140 valence electrons. The molecule has 4 N–H and O–H groups in total. The number of hydrogen-bond acceptors (Lipinski definition) is 6. The van der Waals surface area contributed by atoms with Gasteiger partial charge in [-0.1, -0.05) is 0 Å². The van der Waals surface area contributed by atoms with E-state index < -0.39 is 0 Å². The molecule has 0 bridgehead atoms.